The lowest BCUT2D eigenvalue weighted by Gasteiger charge is -2.05. The number of carbonyl (C=O) groups excluding carboxylic acids is 1. The summed E-state index contributed by atoms with van der Waals surface area (Å²) in [6, 6.07) is 1.73. The molecule has 0 saturated carbocycles. The number of rotatable bonds is 18. The van der Waals surface area contributed by atoms with E-state index in [9.17, 15) is 4.79 Å². The van der Waals surface area contributed by atoms with Gasteiger partial charge in [-0.25, -0.2) is 4.79 Å². The number of nitrogens with two attached hydrogens (primary N) is 1. The van der Waals surface area contributed by atoms with Gasteiger partial charge >= 0.3 is 5.97 Å². The average molecular weight is 396 g/mol. The Balaban J connectivity index is 1.76. The summed E-state index contributed by atoms with van der Waals surface area (Å²) in [5.74, 6) is -0.283. The molecule has 0 bridgehead atoms. The van der Waals surface area contributed by atoms with E-state index in [1.54, 1.807) is 6.07 Å². The first-order valence-electron chi connectivity index (χ1n) is 11.3. The van der Waals surface area contributed by atoms with Crippen LogP contribution in [0.5, 0.6) is 0 Å². The van der Waals surface area contributed by atoms with Gasteiger partial charge in [-0.2, -0.15) is 0 Å². The summed E-state index contributed by atoms with van der Waals surface area (Å²) in [6.45, 7) is 2.79. The van der Waals surface area contributed by atoms with E-state index in [1.165, 1.54) is 101 Å². The number of hydrogen-bond acceptors (Lipinski definition) is 4. The van der Waals surface area contributed by atoms with Gasteiger partial charge in [-0.15, -0.1) is 11.3 Å². The third-order valence-corrected chi connectivity index (χ3v) is 5.89. The molecule has 0 aliphatic heterocycles. The van der Waals surface area contributed by atoms with Crippen LogP contribution in [0, 0.1) is 0 Å². The van der Waals surface area contributed by atoms with Crippen molar-refractivity contribution in [3.63, 3.8) is 0 Å². The molecule has 0 radical (unpaired) electrons. The van der Waals surface area contributed by atoms with Crippen LogP contribution >= 0.6 is 11.3 Å². The Bertz CT molecular complexity index is 473. The van der Waals surface area contributed by atoms with Crippen molar-refractivity contribution in [3.8, 4) is 0 Å². The Morgan fingerprint density at radius 1 is 0.815 bits per heavy atom. The van der Waals surface area contributed by atoms with Crippen LogP contribution in [-0.4, -0.2) is 12.6 Å². The SMILES string of the molecule is CCCCCCCCCCCCCCCCCCOC(=O)c1ccsc1N. The van der Waals surface area contributed by atoms with Gasteiger partial charge in [0.15, 0.2) is 0 Å². The second-order valence-electron chi connectivity index (χ2n) is 7.64. The predicted molar refractivity (Wildman–Crippen MR) is 119 cm³/mol. The van der Waals surface area contributed by atoms with Gasteiger partial charge < -0.3 is 10.5 Å². The largest absolute Gasteiger partial charge is 0.462 e. The van der Waals surface area contributed by atoms with Gasteiger partial charge in [-0.3, -0.25) is 0 Å². The number of ether oxygens (including phenoxy) is 1. The van der Waals surface area contributed by atoms with Crippen LogP contribution in [0.15, 0.2) is 11.4 Å². The van der Waals surface area contributed by atoms with Crippen molar-refractivity contribution in [3.05, 3.63) is 17.0 Å². The highest BCUT2D eigenvalue weighted by Crippen LogP contribution is 2.20. The molecule has 156 valence electrons. The molecule has 1 aromatic heterocycles. The van der Waals surface area contributed by atoms with E-state index in [2.05, 4.69) is 6.92 Å². The fourth-order valence-electron chi connectivity index (χ4n) is 3.38. The van der Waals surface area contributed by atoms with Crippen molar-refractivity contribution >= 4 is 22.3 Å². The van der Waals surface area contributed by atoms with Crippen LogP contribution < -0.4 is 5.73 Å². The number of thiophene rings is 1. The van der Waals surface area contributed by atoms with E-state index in [-0.39, 0.29) is 5.97 Å². The minimum Gasteiger partial charge on any atom is -0.462 e. The molecule has 1 aromatic rings. The molecule has 0 aromatic carbocycles. The molecule has 0 aliphatic carbocycles. The zero-order chi connectivity index (χ0) is 19.6. The van der Waals surface area contributed by atoms with E-state index in [0.29, 0.717) is 17.2 Å². The number of hydrogen-bond donors (Lipinski definition) is 1. The van der Waals surface area contributed by atoms with Gasteiger partial charge in [0, 0.05) is 0 Å². The normalized spacial score (nSPS) is 11.0. The number of carbonyl (C=O) groups is 1. The second kappa shape index (κ2) is 17.1. The third kappa shape index (κ3) is 12.9. The molecule has 0 fully saturated rings. The molecule has 3 nitrogen and oxygen atoms in total. The predicted octanol–water partition coefficient (Wildman–Crippen LogP) is 7.75. The van der Waals surface area contributed by atoms with E-state index in [0.717, 1.165) is 12.8 Å². The minimum atomic E-state index is -0.283. The summed E-state index contributed by atoms with van der Waals surface area (Å²) in [5, 5.41) is 2.37. The van der Waals surface area contributed by atoms with Gasteiger partial charge in [-0.1, -0.05) is 103 Å². The molecule has 4 heteroatoms. The van der Waals surface area contributed by atoms with Crippen LogP contribution in [-0.2, 0) is 4.74 Å². The van der Waals surface area contributed by atoms with Crippen molar-refractivity contribution in [2.75, 3.05) is 12.3 Å². The first kappa shape index (κ1) is 24.0. The fourth-order valence-corrected chi connectivity index (χ4v) is 4.01. The summed E-state index contributed by atoms with van der Waals surface area (Å²) in [5.41, 5.74) is 6.24. The maximum atomic E-state index is 11.8. The van der Waals surface area contributed by atoms with Crippen LogP contribution in [0.3, 0.4) is 0 Å². The Morgan fingerprint density at radius 2 is 1.26 bits per heavy atom. The molecule has 0 amide bonds. The zero-order valence-corrected chi connectivity index (χ0v) is 18.3. The standard InChI is InChI=1S/C23H41NO2S/c1-2-3-4-5-6-7-8-9-10-11-12-13-14-15-16-17-19-26-23(25)21-18-20-27-22(21)24/h18,20H,2-17,19,24H2,1H3. The number of anilines is 1. The van der Waals surface area contributed by atoms with Crippen molar-refractivity contribution in [2.45, 2.75) is 110 Å². The molecule has 1 heterocycles. The summed E-state index contributed by atoms with van der Waals surface area (Å²) >= 11 is 1.37. The van der Waals surface area contributed by atoms with Gasteiger partial charge in [0.2, 0.25) is 0 Å². The molecule has 0 aliphatic rings. The molecule has 0 atom stereocenters. The Hall–Kier alpha value is -1.03. The Labute approximate surface area is 171 Å². The molecule has 0 unspecified atom stereocenters. The van der Waals surface area contributed by atoms with Crippen LogP contribution in [0.1, 0.15) is 120 Å². The van der Waals surface area contributed by atoms with Gasteiger partial charge in [0.05, 0.1) is 12.2 Å². The molecule has 27 heavy (non-hydrogen) atoms. The third-order valence-electron chi connectivity index (χ3n) is 5.15. The highest BCUT2D eigenvalue weighted by molar-refractivity contribution is 7.14. The number of unbranched alkanes of at least 4 members (excludes halogenated alkanes) is 15. The van der Waals surface area contributed by atoms with Crippen LogP contribution in [0.4, 0.5) is 5.00 Å². The molecular formula is C23H41NO2S. The van der Waals surface area contributed by atoms with Crippen molar-refractivity contribution in [1.82, 2.24) is 0 Å². The minimum absolute atomic E-state index is 0.283. The quantitative estimate of drug-likeness (QED) is 0.204. The lowest BCUT2D eigenvalue weighted by atomic mass is 10.0. The summed E-state index contributed by atoms with van der Waals surface area (Å²) in [6.07, 6.45) is 21.6. The van der Waals surface area contributed by atoms with E-state index in [1.807, 2.05) is 5.38 Å². The van der Waals surface area contributed by atoms with Crippen LogP contribution in [0.25, 0.3) is 0 Å². The molecular weight excluding hydrogens is 354 g/mol. The Morgan fingerprint density at radius 3 is 1.67 bits per heavy atom. The van der Waals surface area contributed by atoms with E-state index >= 15 is 0 Å². The summed E-state index contributed by atoms with van der Waals surface area (Å²) in [7, 11) is 0. The second-order valence-corrected chi connectivity index (χ2v) is 8.59. The van der Waals surface area contributed by atoms with Crippen LogP contribution in [0.2, 0.25) is 0 Å². The summed E-state index contributed by atoms with van der Waals surface area (Å²) < 4.78 is 5.27. The van der Waals surface area contributed by atoms with Gasteiger partial charge in [-0.05, 0) is 17.9 Å². The molecule has 0 spiro atoms. The lowest BCUT2D eigenvalue weighted by Crippen LogP contribution is -2.07. The fraction of sp³-hybridized carbons (Fsp3) is 0.783. The average Bonchev–Trinajstić information content (AvgIpc) is 3.10. The Kier molecular flexibility index (Phi) is 15.2. The van der Waals surface area contributed by atoms with E-state index in [4.69, 9.17) is 10.5 Å². The maximum absolute atomic E-state index is 11.8. The van der Waals surface area contributed by atoms with Gasteiger partial charge in [0.1, 0.15) is 5.00 Å². The highest BCUT2D eigenvalue weighted by atomic mass is 32.1. The highest BCUT2D eigenvalue weighted by Gasteiger charge is 2.11. The molecule has 0 saturated heterocycles. The zero-order valence-electron chi connectivity index (χ0n) is 17.5. The van der Waals surface area contributed by atoms with Gasteiger partial charge in [0.25, 0.3) is 0 Å². The van der Waals surface area contributed by atoms with E-state index < -0.39 is 0 Å². The molecule has 1 rings (SSSR count). The summed E-state index contributed by atoms with van der Waals surface area (Å²) in [4.78, 5) is 11.8. The van der Waals surface area contributed by atoms with Crippen molar-refractivity contribution in [2.24, 2.45) is 0 Å². The smallest absolute Gasteiger partial charge is 0.341 e. The number of nitrogen functional groups attached to an aromatic ring is 1. The topological polar surface area (TPSA) is 52.3 Å². The lowest BCUT2D eigenvalue weighted by molar-refractivity contribution is 0.0499. The maximum Gasteiger partial charge on any atom is 0.341 e. The first-order valence-corrected chi connectivity index (χ1v) is 12.1. The van der Waals surface area contributed by atoms with Crippen molar-refractivity contribution < 1.29 is 9.53 Å². The monoisotopic (exact) mass is 395 g/mol. The van der Waals surface area contributed by atoms with Crippen molar-refractivity contribution in [1.29, 1.82) is 0 Å². The molecule has 2 N–H and O–H groups in total. The first-order chi connectivity index (χ1) is 13.3. The number of esters is 1.